The van der Waals surface area contributed by atoms with Gasteiger partial charge in [0.1, 0.15) is 11.6 Å². The van der Waals surface area contributed by atoms with Crippen molar-refractivity contribution in [3.8, 4) is 16.4 Å². The molecule has 1 N–H and O–H groups in total. The number of anilines is 2. The Balaban J connectivity index is 1.41. The Bertz CT molecular complexity index is 1270. The molecule has 0 aliphatic carbocycles. The van der Waals surface area contributed by atoms with Gasteiger partial charge in [-0.05, 0) is 53.9 Å². The Hall–Kier alpha value is -3.63. The minimum atomic E-state index is -0.577. The van der Waals surface area contributed by atoms with Crippen molar-refractivity contribution in [3.63, 3.8) is 0 Å². The van der Waals surface area contributed by atoms with Crippen LogP contribution in [0.3, 0.4) is 0 Å². The normalized spacial score (nSPS) is 13.8. The third-order valence-electron chi connectivity index (χ3n) is 5.18. The van der Waals surface area contributed by atoms with Crippen LogP contribution in [0, 0.1) is 11.6 Å². The number of aromatic nitrogens is 3. The largest absolute Gasteiger partial charge is 0.378 e. The first-order chi connectivity index (χ1) is 16.1. The monoisotopic (exact) mass is 467 g/mol. The molecule has 0 bridgehead atoms. The van der Waals surface area contributed by atoms with Crippen molar-refractivity contribution in [2.45, 2.75) is 0 Å². The van der Waals surface area contributed by atoms with Crippen molar-refractivity contribution in [1.82, 2.24) is 14.8 Å². The van der Waals surface area contributed by atoms with Crippen LogP contribution in [0.25, 0.3) is 16.4 Å². The van der Waals surface area contributed by atoms with Crippen LogP contribution in [0.4, 0.5) is 20.2 Å². The van der Waals surface area contributed by atoms with Gasteiger partial charge < -0.3 is 15.0 Å². The number of nitrogens with one attached hydrogen (secondary N) is 1. The SMILES string of the molecule is O=C(Nc1ccc(N2CCOCC2)c(F)c1)c1nc(-c2cccs2)n(-c2ccc(F)cc2)n1. The molecule has 1 fully saturated rings. The molecule has 1 saturated heterocycles. The summed E-state index contributed by atoms with van der Waals surface area (Å²) in [7, 11) is 0. The Morgan fingerprint density at radius 3 is 2.55 bits per heavy atom. The quantitative estimate of drug-likeness (QED) is 0.472. The van der Waals surface area contributed by atoms with Crippen LogP contribution >= 0.6 is 11.3 Å². The minimum absolute atomic E-state index is 0.0830. The number of hydrogen-bond acceptors (Lipinski definition) is 6. The standard InChI is InChI=1S/C23H19F2N5O2S/c24-15-3-6-17(7-4-15)30-22(20-2-1-13-33-20)27-21(28-30)23(31)26-16-5-8-19(18(25)14-16)29-9-11-32-12-10-29/h1-8,13-14H,9-12H2,(H,26,31). The average Bonchev–Trinajstić information content (AvgIpc) is 3.50. The molecule has 168 valence electrons. The van der Waals surface area contributed by atoms with Crippen LogP contribution in [-0.2, 0) is 4.74 Å². The fraction of sp³-hybridized carbons (Fsp3) is 0.174. The maximum absolute atomic E-state index is 14.7. The second kappa shape index (κ2) is 9.08. The van der Waals surface area contributed by atoms with Crippen molar-refractivity contribution in [3.05, 3.63) is 77.4 Å². The summed E-state index contributed by atoms with van der Waals surface area (Å²) in [6, 6.07) is 14.0. The number of amides is 1. The molecule has 3 heterocycles. The van der Waals surface area contributed by atoms with Crippen molar-refractivity contribution in [2.75, 3.05) is 36.5 Å². The Kier molecular flexibility index (Phi) is 5.84. The molecule has 0 spiro atoms. The lowest BCUT2D eigenvalue weighted by Crippen LogP contribution is -2.36. The molecule has 1 aliphatic rings. The van der Waals surface area contributed by atoms with Gasteiger partial charge in [-0.25, -0.2) is 18.4 Å². The van der Waals surface area contributed by atoms with Crippen LogP contribution in [0.15, 0.2) is 60.0 Å². The number of nitrogens with zero attached hydrogens (tertiary/aromatic N) is 4. The number of thiophene rings is 1. The van der Waals surface area contributed by atoms with Gasteiger partial charge in [-0.15, -0.1) is 16.4 Å². The molecule has 0 atom stereocenters. The van der Waals surface area contributed by atoms with Crippen LogP contribution in [-0.4, -0.2) is 47.0 Å². The van der Waals surface area contributed by atoms with Crippen molar-refractivity contribution in [2.24, 2.45) is 0 Å². The molecule has 1 aliphatic heterocycles. The van der Waals surface area contributed by atoms with Gasteiger partial charge in [-0.3, -0.25) is 4.79 Å². The Labute approximate surface area is 192 Å². The molecule has 4 aromatic rings. The number of halogens is 2. The second-order valence-corrected chi connectivity index (χ2v) is 8.29. The van der Waals surface area contributed by atoms with Crippen LogP contribution in [0.1, 0.15) is 10.6 Å². The first kappa shape index (κ1) is 21.2. The highest BCUT2D eigenvalue weighted by Gasteiger charge is 2.21. The number of rotatable bonds is 5. The molecular weight excluding hydrogens is 448 g/mol. The zero-order valence-corrected chi connectivity index (χ0v) is 18.2. The Morgan fingerprint density at radius 2 is 1.85 bits per heavy atom. The molecular formula is C23H19F2N5O2S. The summed E-state index contributed by atoms with van der Waals surface area (Å²) in [4.78, 5) is 20.0. The van der Waals surface area contributed by atoms with E-state index in [2.05, 4.69) is 15.4 Å². The minimum Gasteiger partial charge on any atom is -0.378 e. The van der Waals surface area contributed by atoms with Crippen molar-refractivity contribution < 1.29 is 18.3 Å². The number of benzene rings is 2. The summed E-state index contributed by atoms with van der Waals surface area (Å²) in [6.45, 7) is 2.32. The molecule has 5 rings (SSSR count). The van der Waals surface area contributed by atoms with E-state index in [1.165, 1.54) is 34.2 Å². The summed E-state index contributed by atoms with van der Waals surface area (Å²) in [5, 5.41) is 8.88. The zero-order valence-electron chi connectivity index (χ0n) is 17.4. The lowest BCUT2D eigenvalue weighted by atomic mass is 10.2. The summed E-state index contributed by atoms with van der Waals surface area (Å²) in [6.07, 6.45) is 0. The maximum atomic E-state index is 14.7. The Morgan fingerprint density at radius 1 is 1.06 bits per heavy atom. The van der Waals surface area contributed by atoms with Gasteiger partial charge in [0.2, 0.25) is 5.82 Å². The van der Waals surface area contributed by atoms with E-state index in [0.717, 1.165) is 4.88 Å². The molecule has 1 amide bonds. The van der Waals surface area contributed by atoms with E-state index >= 15 is 0 Å². The number of morpholine rings is 1. The van der Waals surface area contributed by atoms with Gasteiger partial charge in [-0.1, -0.05) is 6.07 Å². The third kappa shape index (κ3) is 4.48. The molecule has 33 heavy (non-hydrogen) atoms. The van der Waals surface area contributed by atoms with Crippen LogP contribution in [0.2, 0.25) is 0 Å². The molecule has 0 radical (unpaired) electrons. The molecule has 2 aromatic carbocycles. The van der Waals surface area contributed by atoms with Crippen molar-refractivity contribution >= 4 is 28.6 Å². The predicted octanol–water partition coefficient (Wildman–Crippen LogP) is 4.36. The zero-order chi connectivity index (χ0) is 22.8. The number of ether oxygens (including phenoxy) is 1. The fourth-order valence-corrected chi connectivity index (χ4v) is 4.27. The van der Waals surface area contributed by atoms with Gasteiger partial charge in [0, 0.05) is 18.8 Å². The third-order valence-corrected chi connectivity index (χ3v) is 6.05. The highest BCUT2D eigenvalue weighted by atomic mass is 32.1. The topological polar surface area (TPSA) is 72.3 Å². The van der Waals surface area contributed by atoms with E-state index in [1.54, 1.807) is 24.3 Å². The average molecular weight is 468 g/mol. The van der Waals surface area contributed by atoms with E-state index in [-0.39, 0.29) is 11.6 Å². The van der Waals surface area contributed by atoms with Crippen LogP contribution < -0.4 is 10.2 Å². The molecule has 2 aromatic heterocycles. The van der Waals surface area contributed by atoms with Gasteiger partial charge in [-0.2, -0.15) is 0 Å². The molecule has 10 heteroatoms. The summed E-state index contributed by atoms with van der Waals surface area (Å²) in [5.41, 5.74) is 1.33. The molecule has 7 nitrogen and oxygen atoms in total. The summed E-state index contributed by atoms with van der Waals surface area (Å²) in [5.74, 6) is -1.01. The van der Waals surface area contributed by atoms with Crippen molar-refractivity contribution in [1.29, 1.82) is 0 Å². The van der Waals surface area contributed by atoms with Gasteiger partial charge in [0.05, 0.1) is 29.5 Å². The molecule has 0 unspecified atom stereocenters. The lowest BCUT2D eigenvalue weighted by Gasteiger charge is -2.29. The van der Waals surface area contributed by atoms with E-state index in [4.69, 9.17) is 4.74 Å². The van der Waals surface area contributed by atoms with E-state index in [1.807, 2.05) is 22.4 Å². The number of carbonyl (C=O) groups excluding carboxylic acids is 1. The van der Waals surface area contributed by atoms with Gasteiger partial charge in [0.15, 0.2) is 5.82 Å². The smallest absolute Gasteiger partial charge is 0.295 e. The summed E-state index contributed by atoms with van der Waals surface area (Å²) >= 11 is 1.44. The lowest BCUT2D eigenvalue weighted by molar-refractivity contribution is 0.101. The number of hydrogen-bond donors (Lipinski definition) is 1. The predicted molar refractivity (Wildman–Crippen MR) is 122 cm³/mol. The van der Waals surface area contributed by atoms with E-state index < -0.39 is 11.7 Å². The summed E-state index contributed by atoms with van der Waals surface area (Å²) < 4.78 is 34.9. The highest BCUT2D eigenvalue weighted by molar-refractivity contribution is 7.13. The molecule has 0 saturated carbocycles. The van der Waals surface area contributed by atoms with Gasteiger partial charge >= 0.3 is 0 Å². The van der Waals surface area contributed by atoms with E-state index in [0.29, 0.717) is 49.2 Å². The second-order valence-electron chi connectivity index (χ2n) is 7.34. The fourth-order valence-electron chi connectivity index (χ4n) is 3.57. The highest BCUT2D eigenvalue weighted by Crippen LogP contribution is 2.27. The van der Waals surface area contributed by atoms with Crippen LogP contribution in [0.5, 0.6) is 0 Å². The maximum Gasteiger partial charge on any atom is 0.295 e. The first-order valence-electron chi connectivity index (χ1n) is 10.3. The number of carbonyl (C=O) groups is 1. The van der Waals surface area contributed by atoms with E-state index in [9.17, 15) is 13.6 Å². The first-order valence-corrected chi connectivity index (χ1v) is 11.2. The van der Waals surface area contributed by atoms with Gasteiger partial charge in [0.25, 0.3) is 5.91 Å².